The highest BCUT2D eigenvalue weighted by Gasteiger charge is 2.34. The summed E-state index contributed by atoms with van der Waals surface area (Å²) < 4.78 is 0. The van der Waals surface area contributed by atoms with Crippen molar-refractivity contribution in [2.75, 3.05) is 6.54 Å². The second-order valence-electron chi connectivity index (χ2n) is 7.08. The van der Waals surface area contributed by atoms with Crippen molar-refractivity contribution in [3.8, 4) is 0 Å². The quantitative estimate of drug-likeness (QED) is 0.887. The Morgan fingerprint density at radius 3 is 2.52 bits per heavy atom. The second kappa shape index (κ2) is 8.16. The molecule has 1 saturated carbocycles. The van der Waals surface area contributed by atoms with Gasteiger partial charge in [0.25, 0.3) is 0 Å². The molecule has 1 aliphatic carbocycles. The molecule has 128 valence electrons. The number of piperidine rings is 1. The maximum absolute atomic E-state index is 13.0. The van der Waals surface area contributed by atoms with Crippen molar-refractivity contribution in [3.05, 3.63) is 35.4 Å². The van der Waals surface area contributed by atoms with Crippen molar-refractivity contribution in [2.45, 2.75) is 64.0 Å². The van der Waals surface area contributed by atoms with E-state index in [1.54, 1.807) is 0 Å². The zero-order valence-electron chi connectivity index (χ0n) is 14.0. The average Bonchev–Trinajstić information content (AvgIpc) is 2.55. The number of amides is 1. The molecule has 23 heavy (non-hydrogen) atoms. The van der Waals surface area contributed by atoms with Crippen LogP contribution in [-0.2, 0) is 4.79 Å². The van der Waals surface area contributed by atoms with Crippen LogP contribution in [-0.4, -0.2) is 23.4 Å². The lowest BCUT2D eigenvalue weighted by Gasteiger charge is -2.39. The van der Waals surface area contributed by atoms with Gasteiger partial charge in [-0.2, -0.15) is 0 Å². The summed E-state index contributed by atoms with van der Waals surface area (Å²) in [5.74, 6) is 0.496. The van der Waals surface area contributed by atoms with Crippen LogP contribution in [0.4, 0.5) is 0 Å². The first-order valence-corrected chi connectivity index (χ1v) is 8.78. The van der Waals surface area contributed by atoms with E-state index in [0.29, 0.717) is 5.91 Å². The van der Waals surface area contributed by atoms with Crippen LogP contribution in [0.5, 0.6) is 0 Å². The molecule has 1 amide bonds. The second-order valence-corrected chi connectivity index (χ2v) is 7.08. The molecule has 1 saturated heterocycles. The lowest BCUT2D eigenvalue weighted by Crippen LogP contribution is -2.44. The van der Waals surface area contributed by atoms with Gasteiger partial charge in [-0.3, -0.25) is 4.79 Å². The molecule has 3 rings (SSSR count). The number of benzene rings is 1. The topological polar surface area (TPSA) is 46.3 Å². The summed E-state index contributed by atoms with van der Waals surface area (Å²) in [5.41, 5.74) is 8.65. The molecule has 3 atom stereocenters. The summed E-state index contributed by atoms with van der Waals surface area (Å²) in [5, 5.41) is 0. The largest absolute Gasteiger partial charge is 0.335 e. The summed E-state index contributed by atoms with van der Waals surface area (Å²) >= 11 is 0. The van der Waals surface area contributed by atoms with E-state index in [0.717, 1.165) is 45.1 Å². The van der Waals surface area contributed by atoms with Crippen molar-refractivity contribution in [1.82, 2.24) is 4.90 Å². The third-order valence-electron chi connectivity index (χ3n) is 5.31. The number of aryl methyl sites for hydroxylation is 1. The van der Waals surface area contributed by atoms with Gasteiger partial charge in [0.05, 0.1) is 6.04 Å². The molecule has 0 aromatic heterocycles. The summed E-state index contributed by atoms with van der Waals surface area (Å²) in [4.78, 5) is 15.2. The Kier molecular flexibility index (Phi) is 6.49. The fraction of sp³-hybridized carbons (Fsp3) is 0.632. The lowest BCUT2D eigenvalue weighted by atomic mass is 9.84. The molecule has 1 heterocycles. The van der Waals surface area contributed by atoms with E-state index >= 15 is 0 Å². The molecular formula is C19H29ClN2O. The smallest absolute Gasteiger partial charge is 0.226 e. The van der Waals surface area contributed by atoms with Crippen LogP contribution >= 0.6 is 12.4 Å². The highest BCUT2D eigenvalue weighted by atomic mass is 35.5. The van der Waals surface area contributed by atoms with E-state index in [1.165, 1.54) is 17.5 Å². The molecule has 4 heteroatoms. The maximum Gasteiger partial charge on any atom is 0.226 e. The SMILES string of the molecule is Cc1ccc(C2CCCCN2C(=O)C2CCCC(N)C2)cc1.Cl. The van der Waals surface area contributed by atoms with Crippen molar-refractivity contribution in [1.29, 1.82) is 0 Å². The summed E-state index contributed by atoms with van der Waals surface area (Å²) in [6.07, 6.45) is 7.50. The minimum Gasteiger partial charge on any atom is -0.335 e. The standard InChI is InChI=1S/C19H28N2O.ClH/c1-14-8-10-15(11-9-14)18-7-2-3-12-21(18)19(22)16-5-4-6-17(20)13-16;/h8-11,16-18H,2-7,12-13,20H2,1H3;1H. The van der Waals surface area contributed by atoms with E-state index in [1.807, 2.05) is 0 Å². The average molecular weight is 337 g/mol. The molecule has 3 nitrogen and oxygen atoms in total. The van der Waals surface area contributed by atoms with Crippen molar-refractivity contribution >= 4 is 18.3 Å². The van der Waals surface area contributed by atoms with Gasteiger partial charge in [-0.25, -0.2) is 0 Å². The molecule has 2 aliphatic rings. The molecular weight excluding hydrogens is 308 g/mol. The zero-order valence-corrected chi connectivity index (χ0v) is 14.9. The van der Waals surface area contributed by atoms with Crippen LogP contribution in [0.2, 0.25) is 0 Å². The molecule has 1 aliphatic heterocycles. The number of likely N-dealkylation sites (tertiary alicyclic amines) is 1. The predicted molar refractivity (Wildman–Crippen MR) is 96.7 cm³/mol. The minimum atomic E-state index is 0. The first-order valence-electron chi connectivity index (χ1n) is 8.78. The van der Waals surface area contributed by atoms with Gasteiger partial charge in [-0.15, -0.1) is 12.4 Å². The zero-order chi connectivity index (χ0) is 15.5. The minimum absolute atomic E-state index is 0. The molecule has 0 radical (unpaired) electrons. The molecule has 3 unspecified atom stereocenters. The van der Waals surface area contributed by atoms with Gasteiger partial charge in [-0.05, 0) is 51.0 Å². The number of nitrogens with two attached hydrogens (primary N) is 1. The molecule has 2 fully saturated rings. The number of hydrogen-bond donors (Lipinski definition) is 1. The van der Waals surface area contributed by atoms with Gasteiger partial charge < -0.3 is 10.6 Å². The Labute approximate surface area is 146 Å². The number of halogens is 1. The number of nitrogens with zero attached hydrogens (tertiary/aromatic N) is 1. The monoisotopic (exact) mass is 336 g/mol. The van der Waals surface area contributed by atoms with Crippen LogP contribution < -0.4 is 5.73 Å². The van der Waals surface area contributed by atoms with E-state index in [-0.39, 0.29) is 30.4 Å². The van der Waals surface area contributed by atoms with E-state index in [4.69, 9.17) is 5.73 Å². The predicted octanol–water partition coefficient (Wildman–Crippen LogP) is 3.99. The number of carbonyl (C=O) groups is 1. The van der Waals surface area contributed by atoms with E-state index in [2.05, 4.69) is 36.1 Å². The number of carbonyl (C=O) groups excluding carboxylic acids is 1. The highest BCUT2D eigenvalue weighted by Crippen LogP contribution is 2.34. The summed E-state index contributed by atoms with van der Waals surface area (Å²) in [6.45, 7) is 3.01. The first kappa shape index (κ1) is 18.3. The molecule has 2 N–H and O–H groups in total. The van der Waals surface area contributed by atoms with Crippen LogP contribution in [0.1, 0.15) is 62.1 Å². The van der Waals surface area contributed by atoms with Crippen molar-refractivity contribution in [3.63, 3.8) is 0 Å². The first-order chi connectivity index (χ1) is 10.6. The van der Waals surface area contributed by atoms with Gasteiger partial charge in [-0.1, -0.05) is 36.2 Å². The Balaban J connectivity index is 0.00000192. The van der Waals surface area contributed by atoms with Crippen LogP contribution in [0.15, 0.2) is 24.3 Å². The third kappa shape index (κ3) is 4.27. The normalized spacial score (nSPS) is 28.1. The molecule has 1 aromatic rings. The van der Waals surface area contributed by atoms with Gasteiger partial charge >= 0.3 is 0 Å². The van der Waals surface area contributed by atoms with Crippen LogP contribution in [0.3, 0.4) is 0 Å². The Hall–Kier alpha value is -1.06. The van der Waals surface area contributed by atoms with Crippen molar-refractivity contribution in [2.24, 2.45) is 11.7 Å². The van der Waals surface area contributed by atoms with Crippen LogP contribution in [0, 0.1) is 12.8 Å². The fourth-order valence-electron chi connectivity index (χ4n) is 4.02. The number of hydrogen-bond acceptors (Lipinski definition) is 2. The Morgan fingerprint density at radius 2 is 1.83 bits per heavy atom. The highest BCUT2D eigenvalue weighted by molar-refractivity contribution is 5.85. The summed E-state index contributed by atoms with van der Waals surface area (Å²) in [7, 11) is 0. The van der Waals surface area contributed by atoms with Gasteiger partial charge in [0.1, 0.15) is 0 Å². The number of rotatable bonds is 2. The Morgan fingerprint density at radius 1 is 1.09 bits per heavy atom. The Bertz CT molecular complexity index is 517. The van der Waals surface area contributed by atoms with Gasteiger partial charge in [0.2, 0.25) is 5.91 Å². The molecule has 0 spiro atoms. The van der Waals surface area contributed by atoms with Crippen molar-refractivity contribution < 1.29 is 4.79 Å². The third-order valence-corrected chi connectivity index (χ3v) is 5.31. The van der Waals surface area contributed by atoms with E-state index < -0.39 is 0 Å². The fourth-order valence-corrected chi connectivity index (χ4v) is 4.02. The molecule has 0 bridgehead atoms. The van der Waals surface area contributed by atoms with Gasteiger partial charge in [0.15, 0.2) is 0 Å². The lowest BCUT2D eigenvalue weighted by molar-refractivity contribution is -0.140. The van der Waals surface area contributed by atoms with Crippen LogP contribution in [0.25, 0.3) is 0 Å². The molecule has 1 aromatic carbocycles. The summed E-state index contributed by atoms with van der Waals surface area (Å²) in [6, 6.07) is 9.17. The van der Waals surface area contributed by atoms with E-state index in [9.17, 15) is 4.79 Å². The maximum atomic E-state index is 13.0. The van der Waals surface area contributed by atoms with Gasteiger partial charge in [0, 0.05) is 18.5 Å².